The lowest BCUT2D eigenvalue weighted by Crippen LogP contribution is -2.50. The fourth-order valence-corrected chi connectivity index (χ4v) is 4.01. The van der Waals surface area contributed by atoms with Crippen LogP contribution in [0, 0.1) is 19.8 Å². The van der Waals surface area contributed by atoms with Gasteiger partial charge in [-0.25, -0.2) is 4.79 Å². The first-order valence-electron chi connectivity index (χ1n) is 11.4. The van der Waals surface area contributed by atoms with Gasteiger partial charge in [0.1, 0.15) is 17.5 Å². The lowest BCUT2D eigenvalue weighted by Gasteiger charge is -2.39. The Morgan fingerprint density at radius 1 is 1.32 bits per heavy atom. The van der Waals surface area contributed by atoms with E-state index in [0.717, 1.165) is 5.69 Å². The second kappa shape index (κ2) is 10.3. The standard InChI is InChI=1S/C24H35N5O5/c1-14-11-29(15(2)13-30)23(31)18-9-8-10-19(27(5)6)22(18)33-20(14)12-28(7)24(32)25-21-16(3)26-34-17(21)4/h8-10,14-15,20,30H,11-13H2,1-7H3,(H,25,32)/t14-,15-,20+/m0/s1. The summed E-state index contributed by atoms with van der Waals surface area (Å²) >= 11 is 0. The number of carbonyl (C=O) groups excluding carboxylic acids is 2. The number of aryl methyl sites for hydroxylation is 2. The Labute approximate surface area is 200 Å². The zero-order valence-corrected chi connectivity index (χ0v) is 21.0. The Bertz CT molecular complexity index is 1020. The average molecular weight is 474 g/mol. The van der Waals surface area contributed by atoms with Gasteiger partial charge in [-0.3, -0.25) is 4.79 Å². The summed E-state index contributed by atoms with van der Waals surface area (Å²) in [6.45, 7) is 7.83. The van der Waals surface area contributed by atoms with Gasteiger partial charge < -0.3 is 34.4 Å². The van der Waals surface area contributed by atoms with Crippen molar-refractivity contribution >= 4 is 23.3 Å². The number of carbonyl (C=O) groups is 2. The number of amides is 3. The van der Waals surface area contributed by atoms with Crippen molar-refractivity contribution in [3.8, 4) is 5.75 Å². The summed E-state index contributed by atoms with van der Waals surface area (Å²) in [4.78, 5) is 31.5. The van der Waals surface area contributed by atoms with Crippen LogP contribution >= 0.6 is 0 Å². The van der Waals surface area contributed by atoms with Gasteiger partial charge in [0.05, 0.1) is 30.4 Å². The SMILES string of the molecule is Cc1noc(C)c1NC(=O)N(C)C[C@H]1Oc2c(cccc2N(C)C)C(=O)N([C@@H](C)CO)C[C@@H]1C. The Hall–Kier alpha value is -3.27. The van der Waals surface area contributed by atoms with Gasteiger partial charge in [-0.05, 0) is 32.9 Å². The molecule has 1 aromatic carbocycles. The number of nitrogens with one attached hydrogen (secondary N) is 1. The fraction of sp³-hybridized carbons (Fsp3) is 0.542. The van der Waals surface area contributed by atoms with Crippen LogP contribution < -0.4 is 15.0 Å². The van der Waals surface area contributed by atoms with Crippen LogP contribution in [0.4, 0.5) is 16.2 Å². The van der Waals surface area contributed by atoms with Crippen molar-refractivity contribution in [1.82, 2.24) is 15.0 Å². The first-order valence-corrected chi connectivity index (χ1v) is 11.4. The zero-order valence-electron chi connectivity index (χ0n) is 21.0. The van der Waals surface area contributed by atoms with Gasteiger partial charge >= 0.3 is 6.03 Å². The van der Waals surface area contributed by atoms with E-state index in [9.17, 15) is 14.7 Å². The van der Waals surface area contributed by atoms with E-state index in [4.69, 9.17) is 9.26 Å². The lowest BCUT2D eigenvalue weighted by molar-refractivity contribution is 0.0372. The number of fused-ring (bicyclic) bond motifs is 1. The van der Waals surface area contributed by atoms with Crippen LogP contribution in [-0.4, -0.2) is 85.0 Å². The van der Waals surface area contributed by atoms with E-state index >= 15 is 0 Å². The van der Waals surface area contributed by atoms with Crippen molar-refractivity contribution in [3.63, 3.8) is 0 Å². The normalized spacial score (nSPS) is 18.9. The molecule has 3 amide bonds. The largest absolute Gasteiger partial charge is 0.485 e. The Balaban J connectivity index is 1.92. The van der Waals surface area contributed by atoms with Crippen LogP contribution in [0.25, 0.3) is 0 Å². The number of aromatic nitrogens is 1. The maximum Gasteiger partial charge on any atom is 0.321 e. The maximum absolute atomic E-state index is 13.4. The molecule has 34 heavy (non-hydrogen) atoms. The summed E-state index contributed by atoms with van der Waals surface area (Å²) in [7, 11) is 5.47. The second-order valence-corrected chi connectivity index (χ2v) is 9.18. The number of urea groups is 1. The minimum atomic E-state index is -0.401. The Kier molecular flexibility index (Phi) is 7.71. The molecule has 2 aromatic rings. The molecule has 10 nitrogen and oxygen atoms in total. The molecule has 0 spiro atoms. The van der Waals surface area contributed by atoms with Crippen LogP contribution in [0.15, 0.2) is 22.7 Å². The highest BCUT2D eigenvalue weighted by atomic mass is 16.5. The molecule has 0 saturated heterocycles. The topological polar surface area (TPSA) is 111 Å². The van der Waals surface area contributed by atoms with E-state index in [0.29, 0.717) is 35.0 Å². The number of benzene rings is 1. The molecule has 0 unspecified atom stereocenters. The smallest absolute Gasteiger partial charge is 0.321 e. The molecule has 186 valence electrons. The number of aliphatic hydroxyl groups is 1. The first-order chi connectivity index (χ1) is 16.0. The number of anilines is 2. The minimum Gasteiger partial charge on any atom is -0.485 e. The molecule has 1 aliphatic rings. The lowest BCUT2D eigenvalue weighted by atomic mass is 9.99. The first kappa shape index (κ1) is 25.4. The van der Waals surface area contributed by atoms with E-state index in [1.165, 1.54) is 0 Å². The van der Waals surface area contributed by atoms with Gasteiger partial charge in [-0.15, -0.1) is 0 Å². The third-order valence-corrected chi connectivity index (χ3v) is 6.22. The zero-order chi connectivity index (χ0) is 25.2. The summed E-state index contributed by atoms with van der Waals surface area (Å²) < 4.78 is 11.6. The molecule has 1 aromatic heterocycles. The van der Waals surface area contributed by atoms with E-state index in [2.05, 4.69) is 10.5 Å². The number of hydrogen-bond acceptors (Lipinski definition) is 7. The van der Waals surface area contributed by atoms with Crippen molar-refractivity contribution in [3.05, 3.63) is 35.2 Å². The van der Waals surface area contributed by atoms with E-state index < -0.39 is 6.10 Å². The molecule has 10 heteroatoms. The summed E-state index contributed by atoms with van der Waals surface area (Å²) in [5, 5.41) is 16.5. The number of likely N-dealkylation sites (N-methyl/N-ethyl adjacent to an activating group) is 1. The molecular formula is C24H35N5O5. The van der Waals surface area contributed by atoms with Gasteiger partial charge in [-0.1, -0.05) is 18.1 Å². The number of rotatable bonds is 6. The highest BCUT2D eigenvalue weighted by molar-refractivity contribution is 5.99. The van der Waals surface area contributed by atoms with Crippen molar-refractivity contribution in [2.45, 2.75) is 39.8 Å². The predicted molar refractivity (Wildman–Crippen MR) is 130 cm³/mol. The van der Waals surface area contributed by atoms with E-state index in [1.807, 2.05) is 45.0 Å². The quantitative estimate of drug-likeness (QED) is 0.664. The third kappa shape index (κ3) is 5.11. The van der Waals surface area contributed by atoms with E-state index in [1.54, 1.807) is 36.8 Å². The number of para-hydroxylation sites is 1. The number of ether oxygens (including phenoxy) is 1. The number of nitrogens with zero attached hydrogens (tertiary/aromatic N) is 4. The Morgan fingerprint density at radius 2 is 2.03 bits per heavy atom. The van der Waals surface area contributed by atoms with Gasteiger partial charge in [0.25, 0.3) is 5.91 Å². The second-order valence-electron chi connectivity index (χ2n) is 9.18. The van der Waals surface area contributed by atoms with Crippen LogP contribution in [-0.2, 0) is 0 Å². The molecule has 2 heterocycles. The van der Waals surface area contributed by atoms with Gasteiger partial charge in [-0.2, -0.15) is 0 Å². The minimum absolute atomic E-state index is 0.115. The third-order valence-electron chi connectivity index (χ3n) is 6.22. The molecule has 0 radical (unpaired) electrons. The van der Waals surface area contributed by atoms with Crippen molar-refractivity contribution < 1.29 is 24.0 Å². The summed E-state index contributed by atoms with van der Waals surface area (Å²) in [6, 6.07) is 4.78. The fourth-order valence-electron chi connectivity index (χ4n) is 4.01. The maximum atomic E-state index is 13.4. The molecule has 3 rings (SSSR count). The molecule has 3 atom stereocenters. The molecule has 2 N–H and O–H groups in total. The summed E-state index contributed by atoms with van der Waals surface area (Å²) in [5.74, 6) is 0.709. The van der Waals surface area contributed by atoms with Crippen molar-refractivity contribution in [2.75, 3.05) is 51.1 Å². The monoisotopic (exact) mass is 473 g/mol. The molecule has 0 aliphatic carbocycles. The highest BCUT2D eigenvalue weighted by Gasteiger charge is 2.35. The van der Waals surface area contributed by atoms with Crippen LogP contribution in [0.3, 0.4) is 0 Å². The van der Waals surface area contributed by atoms with Crippen LogP contribution in [0.2, 0.25) is 0 Å². The molecular weight excluding hydrogens is 438 g/mol. The van der Waals surface area contributed by atoms with Crippen molar-refractivity contribution in [1.29, 1.82) is 0 Å². The number of aliphatic hydroxyl groups excluding tert-OH is 1. The summed E-state index contributed by atoms with van der Waals surface area (Å²) in [6.07, 6.45) is -0.401. The highest BCUT2D eigenvalue weighted by Crippen LogP contribution is 2.36. The van der Waals surface area contributed by atoms with Gasteiger partial charge in [0.2, 0.25) is 0 Å². The van der Waals surface area contributed by atoms with Gasteiger partial charge in [0.15, 0.2) is 11.5 Å². The van der Waals surface area contributed by atoms with Crippen LogP contribution in [0.1, 0.15) is 35.7 Å². The van der Waals surface area contributed by atoms with Crippen molar-refractivity contribution in [2.24, 2.45) is 5.92 Å². The molecule has 1 aliphatic heterocycles. The van der Waals surface area contributed by atoms with E-state index in [-0.39, 0.29) is 37.0 Å². The molecule has 0 bridgehead atoms. The average Bonchev–Trinajstić information content (AvgIpc) is 3.12. The predicted octanol–water partition coefficient (Wildman–Crippen LogP) is 2.74. The summed E-state index contributed by atoms with van der Waals surface area (Å²) in [5.41, 5.74) is 2.36. The molecule has 0 fully saturated rings. The number of hydrogen-bond donors (Lipinski definition) is 2. The molecule has 0 saturated carbocycles. The van der Waals surface area contributed by atoms with Gasteiger partial charge in [0, 0.05) is 33.6 Å². The van der Waals surface area contributed by atoms with Crippen LogP contribution in [0.5, 0.6) is 5.75 Å². The Morgan fingerprint density at radius 3 is 2.62 bits per heavy atom.